The number of nitrogens with one attached hydrogen (secondary N) is 2. The molecular formula is C14H13BrN4. The zero-order chi connectivity index (χ0) is 13.2. The highest BCUT2D eigenvalue weighted by Crippen LogP contribution is 2.27. The zero-order valence-electron chi connectivity index (χ0n) is 10.4. The second-order valence-corrected chi connectivity index (χ2v) is 5.15. The van der Waals surface area contributed by atoms with E-state index in [0.717, 1.165) is 39.1 Å². The van der Waals surface area contributed by atoms with Crippen LogP contribution in [0.1, 0.15) is 5.69 Å². The number of hydrogen-bond donors (Lipinski definition) is 2. The van der Waals surface area contributed by atoms with Crippen LogP contribution in [0.5, 0.6) is 0 Å². The van der Waals surface area contributed by atoms with Gasteiger partial charge in [-0.2, -0.15) is 0 Å². The summed E-state index contributed by atoms with van der Waals surface area (Å²) in [4.78, 5) is 12.3. The van der Waals surface area contributed by atoms with Crippen molar-refractivity contribution in [2.75, 3.05) is 7.05 Å². The number of imidazole rings is 1. The fourth-order valence-corrected chi connectivity index (χ4v) is 2.54. The van der Waals surface area contributed by atoms with Gasteiger partial charge in [0.25, 0.3) is 0 Å². The topological polar surface area (TPSA) is 53.6 Å². The van der Waals surface area contributed by atoms with Crippen LogP contribution in [0.3, 0.4) is 0 Å². The van der Waals surface area contributed by atoms with E-state index in [1.54, 1.807) is 0 Å². The Morgan fingerprint density at radius 2 is 2.16 bits per heavy atom. The van der Waals surface area contributed by atoms with Crippen molar-refractivity contribution in [3.05, 3.63) is 46.7 Å². The zero-order valence-corrected chi connectivity index (χ0v) is 12.0. The molecule has 0 radical (unpaired) electrons. The van der Waals surface area contributed by atoms with Crippen molar-refractivity contribution in [3.63, 3.8) is 0 Å². The maximum Gasteiger partial charge on any atom is 0.157 e. The molecule has 0 atom stereocenters. The first-order chi connectivity index (χ1) is 9.28. The third-order valence-corrected chi connectivity index (χ3v) is 3.50. The largest absolute Gasteiger partial charge is 0.339 e. The van der Waals surface area contributed by atoms with E-state index in [9.17, 15) is 0 Å². The van der Waals surface area contributed by atoms with Crippen LogP contribution in [0.2, 0.25) is 0 Å². The molecule has 0 unspecified atom stereocenters. The fourth-order valence-electron chi connectivity index (χ4n) is 2.02. The molecule has 0 aliphatic rings. The Hall–Kier alpha value is -1.72. The number of nitrogens with zero attached hydrogens (tertiary/aromatic N) is 2. The highest BCUT2D eigenvalue weighted by atomic mass is 79.9. The minimum absolute atomic E-state index is 0.762. The molecule has 2 heterocycles. The van der Waals surface area contributed by atoms with Gasteiger partial charge >= 0.3 is 0 Å². The summed E-state index contributed by atoms with van der Waals surface area (Å²) in [6, 6.07) is 10.1. The van der Waals surface area contributed by atoms with Crippen LogP contribution in [0, 0.1) is 0 Å². The van der Waals surface area contributed by atoms with Crippen LogP contribution >= 0.6 is 15.9 Å². The van der Waals surface area contributed by atoms with E-state index in [-0.39, 0.29) is 0 Å². The van der Waals surface area contributed by atoms with Gasteiger partial charge < -0.3 is 10.3 Å². The van der Waals surface area contributed by atoms with Gasteiger partial charge in [0.2, 0.25) is 0 Å². The van der Waals surface area contributed by atoms with Crippen LogP contribution in [-0.2, 0) is 6.54 Å². The number of aromatic amines is 1. The van der Waals surface area contributed by atoms with E-state index < -0.39 is 0 Å². The molecule has 0 spiro atoms. The first-order valence-corrected chi connectivity index (χ1v) is 6.81. The van der Waals surface area contributed by atoms with Gasteiger partial charge in [-0.25, -0.2) is 9.97 Å². The number of pyridine rings is 1. The highest BCUT2D eigenvalue weighted by molar-refractivity contribution is 9.10. The quantitative estimate of drug-likeness (QED) is 0.780. The van der Waals surface area contributed by atoms with E-state index in [1.165, 1.54) is 0 Å². The normalized spacial score (nSPS) is 11.1. The van der Waals surface area contributed by atoms with Gasteiger partial charge in [0.05, 0.1) is 11.7 Å². The molecule has 3 rings (SSSR count). The molecule has 19 heavy (non-hydrogen) atoms. The number of hydrogen-bond acceptors (Lipinski definition) is 3. The van der Waals surface area contributed by atoms with Crippen LogP contribution < -0.4 is 5.32 Å². The van der Waals surface area contributed by atoms with Gasteiger partial charge in [0.1, 0.15) is 5.69 Å². The maximum atomic E-state index is 4.66. The number of aromatic nitrogens is 3. The molecule has 2 aromatic heterocycles. The molecule has 0 aliphatic carbocycles. The Kier molecular flexibility index (Phi) is 3.31. The fraction of sp³-hybridized carbons (Fsp3) is 0.143. The lowest BCUT2D eigenvalue weighted by Gasteiger charge is -2.03. The number of fused-ring (bicyclic) bond motifs is 1. The maximum absolute atomic E-state index is 4.66. The summed E-state index contributed by atoms with van der Waals surface area (Å²) in [5, 5.41) is 4.20. The van der Waals surface area contributed by atoms with Crippen LogP contribution in [0.15, 0.2) is 41.0 Å². The summed E-state index contributed by atoms with van der Waals surface area (Å²) in [6.07, 6.45) is 1.83. The monoisotopic (exact) mass is 316 g/mol. The van der Waals surface area contributed by atoms with Crippen LogP contribution in [-0.4, -0.2) is 22.0 Å². The third kappa shape index (κ3) is 2.39. The predicted molar refractivity (Wildman–Crippen MR) is 79.8 cm³/mol. The lowest BCUT2D eigenvalue weighted by Crippen LogP contribution is -2.05. The number of para-hydroxylation sites is 1. The molecule has 0 saturated heterocycles. The van der Waals surface area contributed by atoms with Gasteiger partial charge in [0.15, 0.2) is 5.82 Å². The standard InChI is InChI=1S/C14H13BrN4/c1-16-7-10-8-17-14(18-10)13-11(15)6-9-4-2-3-5-12(9)19-13/h2-6,8,16H,7H2,1H3,(H,17,18). The van der Waals surface area contributed by atoms with Gasteiger partial charge in [0, 0.05) is 22.1 Å². The predicted octanol–water partition coefficient (Wildman–Crippen LogP) is 3.11. The third-order valence-electron chi connectivity index (χ3n) is 2.90. The number of rotatable bonds is 3. The lowest BCUT2D eigenvalue weighted by molar-refractivity contribution is 0.797. The van der Waals surface area contributed by atoms with Gasteiger partial charge in [-0.3, -0.25) is 0 Å². The summed E-state index contributed by atoms with van der Waals surface area (Å²) in [7, 11) is 1.91. The van der Waals surface area contributed by atoms with Gasteiger partial charge in [-0.15, -0.1) is 0 Å². The van der Waals surface area contributed by atoms with Crippen molar-refractivity contribution < 1.29 is 0 Å². The van der Waals surface area contributed by atoms with Crippen molar-refractivity contribution in [1.29, 1.82) is 0 Å². The first kappa shape index (κ1) is 12.3. The Balaban J connectivity index is 2.10. The molecule has 3 aromatic rings. The summed E-state index contributed by atoms with van der Waals surface area (Å²) in [5.74, 6) is 0.780. The number of halogens is 1. The molecule has 96 valence electrons. The van der Waals surface area contributed by atoms with E-state index in [2.05, 4.69) is 42.3 Å². The second kappa shape index (κ2) is 5.11. The van der Waals surface area contributed by atoms with E-state index >= 15 is 0 Å². The molecule has 2 N–H and O–H groups in total. The van der Waals surface area contributed by atoms with Crippen molar-refractivity contribution >= 4 is 26.8 Å². The summed E-state index contributed by atoms with van der Waals surface area (Å²) < 4.78 is 0.941. The molecule has 4 nitrogen and oxygen atoms in total. The van der Waals surface area contributed by atoms with Gasteiger partial charge in [-0.05, 0) is 35.1 Å². The Bertz CT molecular complexity index is 720. The van der Waals surface area contributed by atoms with Crippen LogP contribution in [0.4, 0.5) is 0 Å². The highest BCUT2D eigenvalue weighted by Gasteiger charge is 2.10. The number of H-pyrrole nitrogens is 1. The summed E-state index contributed by atoms with van der Waals surface area (Å²) >= 11 is 3.56. The SMILES string of the molecule is CNCc1cnc(-c2nc3ccccc3cc2Br)[nH]1. The summed E-state index contributed by atoms with van der Waals surface area (Å²) in [6.45, 7) is 0.762. The van der Waals surface area contributed by atoms with E-state index in [0.29, 0.717) is 0 Å². The van der Waals surface area contributed by atoms with Gasteiger partial charge in [-0.1, -0.05) is 18.2 Å². The minimum Gasteiger partial charge on any atom is -0.339 e. The smallest absolute Gasteiger partial charge is 0.157 e. The Morgan fingerprint density at radius 1 is 1.32 bits per heavy atom. The Labute approximate surface area is 119 Å². The Morgan fingerprint density at radius 3 is 3.00 bits per heavy atom. The lowest BCUT2D eigenvalue weighted by atomic mass is 10.2. The van der Waals surface area contributed by atoms with Crippen molar-refractivity contribution in [3.8, 4) is 11.5 Å². The van der Waals surface area contributed by atoms with E-state index in [1.807, 2.05) is 37.5 Å². The molecule has 1 aromatic carbocycles. The van der Waals surface area contributed by atoms with Crippen LogP contribution in [0.25, 0.3) is 22.4 Å². The number of benzene rings is 1. The molecule has 5 heteroatoms. The van der Waals surface area contributed by atoms with Crippen molar-refractivity contribution in [2.45, 2.75) is 6.54 Å². The molecular weight excluding hydrogens is 304 g/mol. The molecule has 0 fully saturated rings. The van der Waals surface area contributed by atoms with E-state index in [4.69, 9.17) is 0 Å². The molecule has 0 aliphatic heterocycles. The molecule has 0 bridgehead atoms. The second-order valence-electron chi connectivity index (χ2n) is 4.30. The average molecular weight is 317 g/mol. The summed E-state index contributed by atoms with van der Waals surface area (Å²) in [5.41, 5.74) is 2.84. The molecule has 0 amide bonds. The average Bonchev–Trinajstić information content (AvgIpc) is 2.87. The minimum atomic E-state index is 0.762. The first-order valence-electron chi connectivity index (χ1n) is 6.02. The van der Waals surface area contributed by atoms with Crippen molar-refractivity contribution in [2.24, 2.45) is 0 Å². The van der Waals surface area contributed by atoms with Crippen molar-refractivity contribution in [1.82, 2.24) is 20.3 Å². The molecule has 0 saturated carbocycles.